The summed E-state index contributed by atoms with van der Waals surface area (Å²) in [4.78, 5) is 0.316. The van der Waals surface area contributed by atoms with Gasteiger partial charge in [-0.2, -0.15) is 0 Å². The van der Waals surface area contributed by atoms with E-state index in [1.165, 1.54) is 12.8 Å². The van der Waals surface area contributed by atoms with E-state index in [4.69, 9.17) is 34.3 Å². The van der Waals surface area contributed by atoms with Gasteiger partial charge in [0.25, 0.3) is 0 Å². The third kappa shape index (κ3) is 3.83. The lowest BCUT2D eigenvalue weighted by Gasteiger charge is -2.34. The summed E-state index contributed by atoms with van der Waals surface area (Å²) in [6.07, 6.45) is 4.90. The second-order valence-electron chi connectivity index (χ2n) is 5.99. The highest BCUT2D eigenvalue weighted by Gasteiger charge is 2.27. The largest absolute Gasteiger partial charge is 0.490 e. The molecule has 0 amide bonds. The Kier molecular flexibility index (Phi) is 4.36. The molecule has 0 unspecified atom stereocenters. The number of rotatable bonds is 3. The van der Waals surface area contributed by atoms with Gasteiger partial charge in [0.1, 0.15) is 10.7 Å². The topological polar surface area (TPSA) is 35.2 Å². The first-order valence-electron chi connectivity index (χ1n) is 6.63. The number of halogens is 1. The lowest BCUT2D eigenvalue weighted by molar-refractivity contribution is 0.0988. The maximum Gasteiger partial charge on any atom is 0.121 e. The third-order valence-electron chi connectivity index (χ3n) is 3.79. The van der Waals surface area contributed by atoms with Crippen molar-refractivity contribution in [3.8, 4) is 5.75 Å². The van der Waals surface area contributed by atoms with Gasteiger partial charge in [-0.25, -0.2) is 0 Å². The molecule has 0 aromatic heterocycles. The van der Waals surface area contributed by atoms with Crippen LogP contribution in [0.15, 0.2) is 18.2 Å². The summed E-state index contributed by atoms with van der Waals surface area (Å²) in [7, 11) is 0. The molecule has 0 aliphatic heterocycles. The minimum Gasteiger partial charge on any atom is -0.490 e. The number of hydrogen-bond acceptors (Lipinski definition) is 2. The van der Waals surface area contributed by atoms with Crippen LogP contribution in [0.3, 0.4) is 0 Å². The molecule has 1 aliphatic rings. The number of nitrogens with two attached hydrogens (primary N) is 1. The monoisotopic (exact) mass is 297 g/mol. The van der Waals surface area contributed by atoms with Crippen molar-refractivity contribution in [2.75, 3.05) is 0 Å². The van der Waals surface area contributed by atoms with Crippen LogP contribution in [-0.4, -0.2) is 11.1 Å². The van der Waals surface area contributed by atoms with Crippen molar-refractivity contribution in [1.82, 2.24) is 0 Å². The summed E-state index contributed by atoms with van der Waals surface area (Å²) in [5.74, 6) is 0.801. The van der Waals surface area contributed by atoms with Crippen LogP contribution in [0.2, 0.25) is 5.02 Å². The van der Waals surface area contributed by atoms with Crippen molar-refractivity contribution in [3.05, 3.63) is 28.8 Å². The molecule has 1 fully saturated rings. The predicted octanol–water partition coefficient (Wildman–Crippen LogP) is 4.32. The van der Waals surface area contributed by atoms with Crippen molar-refractivity contribution in [3.63, 3.8) is 0 Å². The first-order valence-corrected chi connectivity index (χ1v) is 7.42. The molecule has 2 nitrogen and oxygen atoms in total. The average Bonchev–Trinajstić information content (AvgIpc) is 2.31. The number of hydrogen-bond donors (Lipinski definition) is 1. The highest BCUT2D eigenvalue weighted by atomic mass is 35.5. The molecule has 1 aliphatic carbocycles. The summed E-state index contributed by atoms with van der Waals surface area (Å²) >= 11 is 11.1. The summed E-state index contributed by atoms with van der Waals surface area (Å²) in [5, 5.41) is 0.557. The van der Waals surface area contributed by atoms with E-state index in [9.17, 15) is 0 Å². The Morgan fingerprint density at radius 2 is 2.00 bits per heavy atom. The van der Waals surface area contributed by atoms with Gasteiger partial charge in [0, 0.05) is 5.56 Å². The van der Waals surface area contributed by atoms with Crippen molar-refractivity contribution in [1.29, 1.82) is 0 Å². The van der Waals surface area contributed by atoms with E-state index in [0.29, 0.717) is 27.1 Å². The highest BCUT2D eigenvalue weighted by molar-refractivity contribution is 7.80. The number of benzene rings is 1. The fourth-order valence-electron chi connectivity index (χ4n) is 2.45. The van der Waals surface area contributed by atoms with E-state index in [-0.39, 0.29) is 0 Å². The van der Waals surface area contributed by atoms with Crippen LogP contribution < -0.4 is 10.5 Å². The molecule has 1 aromatic carbocycles. The van der Waals surface area contributed by atoms with Crippen LogP contribution in [0.5, 0.6) is 5.75 Å². The van der Waals surface area contributed by atoms with E-state index >= 15 is 0 Å². The van der Waals surface area contributed by atoms with Gasteiger partial charge in [-0.05, 0) is 49.3 Å². The Morgan fingerprint density at radius 1 is 1.37 bits per heavy atom. The number of thiocarbonyl (C=S) groups is 1. The summed E-state index contributed by atoms with van der Waals surface area (Å²) in [6.45, 7) is 4.63. The maximum atomic E-state index is 6.14. The van der Waals surface area contributed by atoms with Crippen LogP contribution in [0, 0.1) is 5.41 Å². The molecular weight excluding hydrogens is 278 g/mol. The molecule has 19 heavy (non-hydrogen) atoms. The normalized spacial score (nSPS) is 19.1. The van der Waals surface area contributed by atoms with E-state index in [1.54, 1.807) is 6.07 Å². The Labute approximate surface area is 125 Å². The molecule has 0 bridgehead atoms. The van der Waals surface area contributed by atoms with Gasteiger partial charge in [0.15, 0.2) is 0 Å². The van der Waals surface area contributed by atoms with Gasteiger partial charge in [0.2, 0.25) is 0 Å². The van der Waals surface area contributed by atoms with E-state index < -0.39 is 0 Å². The lowest BCUT2D eigenvalue weighted by Crippen LogP contribution is -2.28. The lowest BCUT2D eigenvalue weighted by atomic mass is 9.76. The molecule has 0 spiro atoms. The minimum absolute atomic E-state index is 0.291. The van der Waals surface area contributed by atoms with E-state index in [0.717, 1.165) is 18.6 Å². The summed E-state index contributed by atoms with van der Waals surface area (Å²) in [6, 6.07) is 5.52. The van der Waals surface area contributed by atoms with Gasteiger partial charge in [-0.15, -0.1) is 0 Å². The molecule has 0 atom stereocenters. The third-order valence-corrected chi connectivity index (χ3v) is 4.33. The summed E-state index contributed by atoms with van der Waals surface area (Å²) in [5.41, 5.74) is 6.74. The first kappa shape index (κ1) is 14.6. The molecule has 2 N–H and O–H groups in total. The van der Waals surface area contributed by atoms with Crippen molar-refractivity contribution >= 4 is 28.8 Å². The smallest absolute Gasteiger partial charge is 0.121 e. The van der Waals surface area contributed by atoms with Gasteiger partial charge < -0.3 is 10.5 Å². The fraction of sp³-hybridized carbons (Fsp3) is 0.533. The van der Waals surface area contributed by atoms with Crippen LogP contribution in [0.4, 0.5) is 0 Å². The van der Waals surface area contributed by atoms with Gasteiger partial charge in [-0.3, -0.25) is 0 Å². The first-order chi connectivity index (χ1) is 8.87. The molecule has 1 aromatic rings. The van der Waals surface area contributed by atoms with Gasteiger partial charge in [0.05, 0.1) is 11.1 Å². The fourth-order valence-corrected chi connectivity index (χ4v) is 2.96. The van der Waals surface area contributed by atoms with Gasteiger partial charge in [-0.1, -0.05) is 37.7 Å². The zero-order valence-corrected chi connectivity index (χ0v) is 13.0. The predicted molar refractivity (Wildman–Crippen MR) is 84.0 cm³/mol. The van der Waals surface area contributed by atoms with Crippen molar-refractivity contribution in [2.45, 2.75) is 45.6 Å². The summed E-state index contributed by atoms with van der Waals surface area (Å²) < 4.78 is 6.00. The van der Waals surface area contributed by atoms with Gasteiger partial charge >= 0.3 is 0 Å². The molecular formula is C15H20ClNOS. The highest BCUT2D eigenvalue weighted by Crippen LogP contribution is 2.36. The number of ether oxygens (including phenoxy) is 1. The van der Waals surface area contributed by atoms with Crippen LogP contribution in [0.25, 0.3) is 0 Å². The van der Waals surface area contributed by atoms with E-state index in [2.05, 4.69) is 13.8 Å². The maximum absolute atomic E-state index is 6.14. The van der Waals surface area contributed by atoms with E-state index in [1.807, 2.05) is 12.1 Å². The van der Waals surface area contributed by atoms with Crippen molar-refractivity contribution < 1.29 is 4.74 Å². The Hall–Kier alpha value is -0.800. The second-order valence-corrected chi connectivity index (χ2v) is 6.83. The minimum atomic E-state index is 0.291. The molecule has 1 saturated carbocycles. The SMILES string of the molecule is CC1(C)CCC(Oc2ccc(C(N)=S)c(Cl)c2)CC1. The molecule has 0 saturated heterocycles. The molecule has 4 heteroatoms. The van der Waals surface area contributed by atoms with Crippen LogP contribution in [-0.2, 0) is 0 Å². The molecule has 0 radical (unpaired) electrons. The Bertz CT molecular complexity index is 477. The quantitative estimate of drug-likeness (QED) is 0.844. The molecule has 0 heterocycles. The van der Waals surface area contributed by atoms with Crippen molar-refractivity contribution in [2.24, 2.45) is 11.1 Å². The Morgan fingerprint density at radius 3 is 2.53 bits per heavy atom. The zero-order valence-electron chi connectivity index (χ0n) is 11.4. The zero-order chi connectivity index (χ0) is 14.0. The van der Waals surface area contributed by atoms with Crippen LogP contribution in [0.1, 0.15) is 45.1 Å². The average molecular weight is 298 g/mol. The molecule has 104 valence electrons. The Balaban J connectivity index is 2.01. The standard InChI is InChI=1S/C15H20ClNOS/c1-15(2)7-5-10(6-8-15)18-11-3-4-12(14(17)19)13(16)9-11/h3-4,9-10H,5-8H2,1-2H3,(H2,17,19). The second kappa shape index (κ2) is 5.68. The molecule has 2 rings (SSSR count). The van der Waals surface area contributed by atoms with Crippen LogP contribution >= 0.6 is 23.8 Å².